The number of hydrogen-bond donors (Lipinski definition) is 1. The zero-order chi connectivity index (χ0) is 14.6. The molecule has 0 aliphatic rings. The van der Waals surface area contributed by atoms with Gasteiger partial charge in [0.05, 0.1) is 6.42 Å². The molecular weight excluding hydrogens is 310 g/mol. The van der Waals surface area contributed by atoms with E-state index in [0.717, 1.165) is 10.0 Å². The summed E-state index contributed by atoms with van der Waals surface area (Å²) in [5.41, 5.74) is 1.56. The van der Waals surface area contributed by atoms with Gasteiger partial charge in [-0.05, 0) is 44.5 Å². The summed E-state index contributed by atoms with van der Waals surface area (Å²) >= 11 is 3.36. The number of carbonyl (C=O) groups is 2. The Hall–Kier alpha value is -1.36. The van der Waals surface area contributed by atoms with Crippen molar-refractivity contribution in [1.29, 1.82) is 0 Å². The Balaban J connectivity index is 2.97. The van der Waals surface area contributed by atoms with Crippen molar-refractivity contribution in [2.45, 2.75) is 33.2 Å². The lowest BCUT2D eigenvalue weighted by Gasteiger charge is -2.27. The molecule has 0 fully saturated rings. The van der Waals surface area contributed by atoms with Crippen LogP contribution in [0.2, 0.25) is 0 Å². The van der Waals surface area contributed by atoms with E-state index in [9.17, 15) is 9.59 Å². The molecule has 1 N–H and O–H groups in total. The first-order valence-electron chi connectivity index (χ1n) is 6.15. The number of carbonyl (C=O) groups excluding carboxylic acids is 1. The maximum absolute atomic E-state index is 12.4. The second kappa shape index (κ2) is 6.70. The fourth-order valence-corrected chi connectivity index (χ4v) is 2.65. The van der Waals surface area contributed by atoms with Crippen LogP contribution in [0.25, 0.3) is 0 Å². The molecule has 0 spiro atoms. The molecule has 1 aromatic carbocycles. The van der Waals surface area contributed by atoms with Crippen LogP contribution in [0, 0.1) is 6.92 Å². The van der Waals surface area contributed by atoms with E-state index in [4.69, 9.17) is 5.11 Å². The normalized spacial score (nSPS) is 12.0. The molecule has 0 saturated carbocycles. The Morgan fingerprint density at radius 3 is 2.47 bits per heavy atom. The van der Waals surface area contributed by atoms with Crippen LogP contribution >= 0.6 is 15.9 Å². The quantitative estimate of drug-likeness (QED) is 0.904. The predicted molar refractivity (Wildman–Crippen MR) is 77.3 cm³/mol. The van der Waals surface area contributed by atoms with Crippen molar-refractivity contribution in [3.63, 3.8) is 0 Å². The Bertz CT molecular complexity index is 467. The van der Waals surface area contributed by atoms with Gasteiger partial charge in [-0.2, -0.15) is 0 Å². The van der Waals surface area contributed by atoms with Crippen LogP contribution in [0.3, 0.4) is 0 Å². The number of rotatable bonds is 5. The third kappa shape index (κ3) is 4.35. The second-order valence-corrected chi connectivity index (χ2v) is 5.47. The van der Waals surface area contributed by atoms with Gasteiger partial charge in [0.1, 0.15) is 0 Å². The Kier molecular flexibility index (Phi) is 5.54. The molecule has 1 unspecified atom stereocenters. The van der Waals surface area contributed by atoms with E-state index in [1.807, 2.05) is 26.0 Å². The minimum absolute atomic E-state index is 0.0490. The molecular formula is C14H18BrNO3. The first kappa shape index (κ1) is 15.7. The topological polar surface area (TPSA) is 57.6 Å². The summed E-state index contributed by atoms with van der Waals surface area (Å²) in [6, 6.07) is 5.16. The van der Waals surface area contributed by atoms with Crippen LogP contribution in [0.1, 0.15) is 36.2 Å². The van der Waals surface area contributed by atoms with Gasteiger partial charge in [0.15, 0.2) is 0 Å². The maximum atomic E-state index is 12.4. The maximum Gasteiger partial charge on any atom is 0.305 e. The summed E-state index contributed by atoms with van der Waals surface area (Å²) in [4.78, 5) is 24.7. The molecule has 1 amide bonds. The van der Waals surface area contributed by atoms with Crippen molar-refractivity contribution < 1.29 is 14.7 Å². The number of halogens is 1. The van der Waals surface area contributed by atoms with Crippen LogP contribution in [-0.4, -0.2) is 34.5 Å². The minimum atomic E-state index is -0.899. The van der Waals surface area contributed by atoms with Gasteiger partial charge in [-0.25, -0.2) is 0 Å². The van der Waals surface area contributed by atoms with Gasteiger partial charge in [-0.15, -0.1) is 0 Å². The van der Waals surface area contributed by atoms with E-state index in [1.165, 1.54) is 0 Å². The summed E-state index contributed by atoms with van der Waals surface area (Å²) in [6.07, 6.45) is -0.0490. The lowest BCUT2D eigenvalue weighted by molar-refractivity contribution is -0.138. The molecule has 0 heterocycles. The molecule has 104 valence electrons. The SMILES string of the molecule is CCN(C(=O)c1cc(C)cc(Br)c1)C(C)CC(=O)O. The van der Waals surface area contributed by atoms with E-state index in [1.54, 1.807) is 17.9 Å². The highest BCUT2D eigenvalue weighted by atomic mass is 79.9. The Morgan fingerprint density at radius 1 is 1.37 bits per heavy atom. The summed E-state index contributed by atoms with van der Waals surface area (Å²) in [7, 11) is 0. The van der Waals surface area contributed by atoms with E-state index in [-0.39, 0.29) is 18.4 Å². The lowest BCUT2D eigenvalue weighted by atomic mass is 10.1. The smallest absolute Gasteiger partial charge is 0.305 e. The van der Waals surface area contributed by atoms with E-state index in [2.05, 4.69) is 15.9 Å². The highest BCUT2D eigenvalue weighted by Crippen LogP contribution is 2.18. The molecule has 19 heavy (non-hydrogen) atoms. The average Bonchev–Trinajstić information content (AvgIpc) is 2.27. The van der Waals surface area contributed by atoms with Crippen molar-refractivity contribution in [2.75, 3.05) is 6.54 Å². The molecule has 1 aromatic rings. The van der Waals surface area contributed by atoms with Gasteiger partial charge in [-0.1, -0.05) is 15.9 Å². The van der Waals surface area contributed by atoms with E-state index >= 15 is 0 Å². The van der Waals surface area contributed by atoms with Crippen molar-refractivity contribution in [3.05, 3.63) is 33.8 Å². The van der Waals surface area contributed by atoms with Crippen molar-refractivity contribution in [1.82, 2.24) is 4.90 Å². The second-order valence-electron chi connectivity index (χ2n) is 4.56. The Labute approximate surface area is 121 Å². The fourth-order valence-electron chi connectivity index (χ4n) is 2.04. The van der Waals surface area contributed by atoms with Crippen LogP contribution in [0.5, 0.6) is 0 Å². The summed E-state index contributed by atoms with van der Waals surface area (Å²) in [6.45, 7) is 6.00. The highest BCUT2D eigenvalue weighted by Gasteiger charge is 2.22. The van der Waals surface area contributed by atoms with Crippen molar-refractivity contribution >= 4 is 27.8 Å². The van der Waals surface area contributed by atoms with Gasteiger partial charge >= 0.3 is 5.97 Å². The molecule has 0 aromatic heterocycles. The van der Waals surface area contributed by atoms with Crippen LogP contribution in [0.4, 0.5) is 0 Å². The van der Waals surface area contributed by atoms with Crippen molar-refractivity contribution in [3.8, 4) is 0 Å². The number of hydrogen-bond acceptors (Lipinski definition) is 2. The van der Waals surface area contributed by atoms with Gasteiger partial charge in [-0.3, -0.25) is 9.59 Å². The number of carboxylic acid groups (broad SMARTS) is 1. The molecule has 5 heteroatoms. The molecule has 0 aliphatic carbocycles. The summed E-state index contributed by atoms with van der Waals surface area (Å²) in [5.74, 6) is -1.04. The number of amides is 1. The van der Waals surface area contributed by atoms with Crippen LogP contribution < -0.4 is 0 Å². The number of carboxylic acids is 1. The summed E-state index contributed by atoms with van der Waals surface area (Å²) in [5, 5.41) is 8.82. The first-order chi connectivity index (χ1) is 8.85. The number of aryl methyl sites for hydroxylation is 1. The third-order valence-electron chi connectivity index (χ3n) is 2.89. The zero-order valence-corrected chi connectivity index (χ0v) is 12.9. The molecule has 1 atom stereocenters. The van der Waals surface area contributed by atoms with E-state index < -0.39 is 5.97 Å². The predicted octanol–water partition coefficient (Wildman–Crippen LogP) is 3.08. The largest absolute Gasteiger partial charge is 0.481 e. The van der Waals surface area contributed by atoms with Gasteiger partial charge in [0, 0.05) is 22.6 Å². The molecule has 0 aliphatic heterocycles. The molecule has 1 rings (SSSR count). The molecule has 0 saturated heterocycles. The fraction of sp³-hybridized carbons (Fsp3) is 0.429. The highest BCUT2D eigenvalue weighted by molar-refractivity contribution is 9.10. The monoisotopic (exact) mass is 327 g/mol. The summed E-state index contributed by atoms with van der Waals surface area (Å²) < 4.78 is 0.845. The van der Waals surface area contributed by atoms with Crippen LogP contribution in [-0.2, 0) is 4.79 Å². The standard InChI is InChI=1S/C14H18BrNO3/c1-4-16(10(3)7-13(17)18)14(19)11-5-9(2)6-12(15)8-11/h5-6,8,10H,4,7H2,1-3H3,(H,17,18). The van der Waals surface area contributed by atoms with Gasteiger partial charge in [0.2, 0.25) is 0 Å². The lowest BCUT2D eigenvalue weighted by Crippen LogP contribution is -2.39. The zero-order valence-electron chi connectivity index (χ0n) is 11.3. The molecule has 4 nitrogen and oxygen atoms in total. The number of nitrogens with zero attached hydrogens (tertiary/aromatic N) is 1. The first-order valence-corrected chi connectivity index (χ1v) is 6.94. The van der Waals surface area contributed by atoms with E-state index in [0.29, 0.717) is 12.1 Å². The van der Waals surface area contributed by atoms with Crippen molar-refractivity contribution in [2.24, 2.45) is 0 Å². The third-order valence-corrected chi connectivity index (χ3v) is 3.35. The van der Waals surface area contributed by atoms with Crippen LogP contribution in [0.15, 0.2) is 22.7 Å². The minimum Gasteiger partial charge on any atom is -0.481 e. The molecule has 0 radical (unpaired) electrons. The number of aliphatic carboxylic acids is 1. The average molecular weight is 328 g/mol. The molecule has 0 bridgehead atoms. The number of benzene rings is 1. The Morgan fingerprint density at radius 2 is 2.00 bits per heavy atom. The van der Waals surface area contributed by atoms with Gasteiger partial charge < -0.3 is 10.0 Å². The van der Waals surface area contributed by atoms with Gasteiger partial charge in [0.25, 0.3) is 5.91 Å².